The van der Waals surface area contributed by atoms with E-state index in [0.717, 1.165) is 19.4 Å². The summed E-state index contributed by atoms with van der Waals surface area (Å²) in [7, 11) is 1.86. The Bertz CT molecular complexity index is 162. The van der Waals surface area contributed by atoms with E-state index < -0.39 is 0 Å². The summed E-state index contributed by atoms with van der Waals surface area (Å²) in [6.07, 6.45) is 11.5. The van der Waals surface area contributed by atoms with Crippen LogP contribution in [0.5, 0.6) is 0 Å². The van der Waals surface area contributed by atoms with Crippen molar-refractivity contribution in [2.24, 2.45) is 0 Å². The van der Waals surface area contributed by atoms with Crippen molar-refractivity contribution in [2.45, 2.75) is 71.6 Å². The van der Waals surface area contributed by atoms with E-state index in [0.29, 0.717) is 5.91 Å². The summed E-state index contributed by atoms with van der Waals surface area (Å²) in [4.78, 5) is 12.5. The molecule has 0 atom stereocenters. The normalized spacial score (nSPS) is 15.7. The van der Waals surface area contributed by atoms with Crippen molar-refractivity contribution in [1.29, 1.82) is 0 Å². The lowest BCUT2D eigenvalue weighted by Gasteiger charge is -2.21. The fraction of sp³-hybridized carbons (Fsp3) is 0.929. The third kappa shape index (κ3) is 8.75. The minimum Gasteiger partial charge on any atom is -0.346 e. The van der Waals surface area contributed by atoms with Crippen LogP contribution in [0.2, 0.25) is 0 Å². The molecular formula is C14H29NO. The smallest absolute Gasteiger partial charge is 0.222 e. The zero-order valence-corrected chi connectivity index (χ0v) is 11.4. The topological polar surface area (TPSA) is 20.3 Å². The van der Waals surface area contributed by atoms with E-state index in [1.54, 1.807) is 4.90 Å². The van der Waals surface area contributed by atoms with Gasteiger partial charge in [0.05, 0.1) is 0 Å². The molecule has 0 unspecified atom stereocenters. The van der Waals surface area contributed by atoms with Gasteiger partial charge in [-0.25, -0.2) is 0 Å². The van der Waals surface area contributed by atoms with E-state index in [4.69, 9.17) is 0 Å². The lowest BCUT2D eigenvalue weighted by atomic mass is 10.1. The first-order valence-corrected chi connectivity index (χ1v) is 6.96. The van der Waals surface area contributed by atoms with Crippen molar-refractivity contribution in [3.8, 4) is 0 Å². The number of piperidine rings is 1. The minimum atomic E-state index is 0.302. The van der Waals surface area contributed by atoms with Gasteiger partial charge in [0.2, 0.25) is 5.91 Å². The van der Waals surface area contributed by atoms with Crippen LogP contribution in [0.25, 0.3) is 0 Å². The molecule has 0 aliphatic carbocycles. The first-order valence-electron chi connectivity index (χ1n) is 6.96. The zero-order chi connectivity index (χ0) is 12.2. The molecule has 0 aromatic rings. The van der Waals surface area contributed by atoms with Gasteiger partial charge in [0, 0.05) is 20.0 Å². The third-order valence-corrected chi connectivity index (χ3v) is 3.02. The van der Waals surface area contributed by atoms with Crippen LogP contribution in [0.3, 0.4) is 0 Å². The second kappa shape index (κ2) is 11.0. The van der Waals surface area contributed by atoms with Crippen molar-refractivity contribution in [1.82, 2.24) is 4.90 Å². The second-order valence-electron chi connectivity index (χ2n) is 4.69. The molecule has 0 saturated carbocycles. The van der Waals surface area contributed by atoms with Gasteiger partial charge in [-0.1, -0.05) is 52.4 Å². The molecule has 1 aliphatic rings. The van der Waals surface area contributed by atoms with Crippen LogP contribution in [0.4, 0.5) is 0 Å². The van der Waals surface area contributed by atoms with Crippen LogP contribution >= 0.6 is 0 Å². The first kappa shape index (κ1) is 15.5. The van der Waals surface area contributed by atoms with Crippen LogP contribution in [0.1, 0.15) is 71.6 Å². The van der Waals surface area contributed by atoms with Gasteiger partial charge in [-0.05, 0) is 12.8 Å². The SMILES string of the molecule is CCCCCCCC.CN1CCCCC1=O. The summed E-state index contributed by atoms with van der Waals surface area (Å²) in [6.45, 7) is 5.47. The van der Waals surface area contributed by atoms with E-state index in [9.17, 15) is 4.79 Å². The van der Waals surface area contributed by atoms with Crippen LogP contribution in [0, 0.1) is 0 Å². The molecule has 0 aromatic carbocycles. The van der Waals surface area contributed by atoms with Gasteiger partial charge in [0.1, 0.15) is 0 Å². The Kier molecular flexibility index (Phi) is 10.6. The molecular weight excluding hydrogens is 198 g/mol. The standard InChI is InChI=1S/C8H18.C6H11NO/c1-3-5-7-8-6-4-2;1-7-5-3-2-4-6(7)8/h3-8H2,1-2H3;2-5H2,1H3. The molecule has 1 rings (SSSR count). The molecule has 0 radical (unpaired) electrons. The van der Waals surface area contributed by atoms with Crippen LogP contribution < -0.4 is 0 Å². The predicted molar refractivity (Wildman–Crippen MR) is 70.5 cm³/mol. The second-order valence-corrected chi connectivity index (χ2v) is 4.69. The maximum absolute atomic E-state index is 10.7. The quantitative estimate of drug-likeness (QED) is 0.650. The predicted octanol–water partition coefficient (Wildman–Crippen LogP) is 4.00. The van der Waals surface area contributed by atoms with E-state index >= 15 is 0 Å². The van der Waals surface area contributed by atoms with Crippen molar-refractivity contribution in [3.05, 3.63) is 0 Å². The Hall–Kier alpha value is -0.530. The van der Waals surface area contributed by atoms with Crippen LogP contribution in [-0.4, -0.2) is 24.4 Å². The van der Waals surface area contributed by atoms with Crippen LogP contribution in [-0.2, 0) is 4.79 Å². The average Bonchev–Trinajstić information content (AvgIpc) is 2.30. The summed E-state index contributed by atoms with van der Waals surface area (Å²) in [5.74, 6) is 0.302. The van der Waals surface area contributed by atoms with Gasteiger partial charge in [0.15, 0.2) is 0 Å². The van der Waals surface area contributed by atoms with Gasteiger partial charge in [-0.3, -0.25) is 4.79 Å². The largest absolute Gasteiger partial charge is 0.346 e. The molecule has 2 nitrogen and oxygen atoms in total. The molecule has 0 bridgehead atoms. The van der Waals surface area contributed by atoms with Crippen LogP contribution in [0.15, 0.2) is 0 Å². The minimum absolute atomic E-state index is 0.302. The maximum Gasteiger partial charge on any atom is 0.222 e. The fourth-order valence-electron chi connectivity index (χ4n) is 1.79. The molecule has 1 amide bonds. The Morgan fingerprint density at radius 3 is 1.88 bits per heavy atom. The van der Waals surface area contributed by atoms with Gasteiger partial charge >= 0.3 is 0 Å². The summed E-state index contributed by atoms with van der Waals surface area (Å²) in [6, 6.07) is 0. The lowest BCUT2D eigenvalue weighted by Crippen LogP contribution is -2.31. The number of rotatable bonds is 5. The number of unbranched alkanes of at least 4 members (excludes halogenated alkanes) is 5. The summed E-state index contributed by atoms with van der Waals surface area (Å²) < 4.78 is 0. The monoisotopic (exact) mass is 227 g/mol. The highest BCUT2D eigenvalue weighted by atomic mass is 16.2. The van der Waals surface area contributed by atoms with E-state index in [-0.39, 0.29) is 0 Å². The Labute approximate surface area is 101 Å². The number of hydrogen-bond acceptors (Lipinski definition) is 1. The lowest BCUT2D eigenvalue weighted by molar-refractivity contribution is -0.131. The molecule has 0 N–H and O–H groups in total. The summed E-state index contributed by atoms with van der Waals surface area (Å²) >= 11 is 0. The molecule has 1 saturated heterocycles. The molecule has 0 spiro atoms. The van der Waals surface area contributed by atoms with Gasteiger partial charge in [-0.2, -0.15) is 0 Å². The van der Waals surface area contributed by atoms with E-state index in [2.05, 4.69) is 13.8 Å². The Balaban J connectivity index is 0.000000281. The van der Waals surface area contributed by atoms with Gasteiger partial charge in [0.25, 0.3) is 0 Å². The van der Waals surface area contributed by atoms with Crippen molar-refractivity contribution in [3.63, 3.8) is 0 Å². The molecule has 1 fully saturated rings. The molecule has 16 heavy (non-hydrogen) atoms. The summed E-state index contributed by atoms with van der Waals surface area (Å²) in [5.41, 5.74) is 0. The maximum atomic E-state index is 10.7. The molecule has 0 aromatic heterocycles. The highest BCUT2D eigenvalue weighted by Crippen LogP contribution is 2.06. The highest BCUT2D eigenvalue weighted by molar-refractivity contribution is 5.76. The number of carbonyl (C=O) groups is 1. The third-order valence-electron chi connectivity index (χ3n) is 3.02. The Morgan fingerprint density at radius 1 is 1.00 bits per heavy atom. The van der Waals surface area contributed by atoms with Crippen molar-refractivity contribution in [2.75, 3.05) is 13.6 Å². The van der Waals surface area contributed by atoms with Gasteiger partial charge in [-0.15, -0.1) is 0 Å². The summed E-state index contributed by atoms with van der Waals surface area (Å²) in [5, 5.41) is 0. The van der Waals surface area contributed by atoms with Crippen molar-refractivity contribution < 1.29 is 4.79 Å². The van der Waals surface area contributed by atoms with E-state index in [1.165, 1.54) is 44.9 Å². The number of amides is 1. The molecule has 1 aliphatic heterocycles. The zero-order valence-electron chi connectivity index (χ0n) is 11.4. The average molecular weight is 227 g/mol. The molecule has 2 heteroatoms. The van der Waals surface area contributed by atoms with E-state index in [1.807, 2.05) is 7.05 Å². The number of likely N-dealkylation sites (tertiary alicyclic amines) is 1. The Morgan fingerprint density at radius 2 is 1.56 bits per heavy atom. The number of nitrogens with zero attached hydrogens (tertiary/aromatic N) is 1. The molecule has 1 heterocycles. The highest BCUT2D eigenvalue weighted by Gasteiger charge is 2.12. The number of carbonyl (C=O) groups excluding carboxylic acids is 1. The van der Waals surface area contributed by atoms with Crippen molar-refractivity contribution >= 4 is 5.91 Å². The van der Waals surface area contributed by atoms with Gasteiger partial charge < -0.3 is 4.90 Å². The molecule has 96 valence electrons. The first-order chi connectivity index (χ1) is 7.72. The fourth-order valence-corrected chi connectivity index (χ4v) is 1.79. The number of hydrogen-bond donors (Lipinski definition) is 0.